The normalized spacial score (nSPS) is 12.1. The fourth-order valence-corrected chi connectivity index (χ4v) is 0.786. The highest BCUT2D eigenvalue weighted by Gasteiger charge is 2.13. The summed E-state index contributed by atoms with van der Waals surface area (Å²) >= 11 is 0. The Morgan fingerprint density at radius 2 is 2.36 bits per heavy atom. The summed E-state index contributed by atoms with van der Waals surface area (Å²) in [6.07, 6.45) is 1.23. The van der Waals surface area contributed by atoms with Gasteiger partial charge < -0.3 is 20.6 Å². The van der Waals surface area contributed by atoms with Crippen LogP contribution in [0.5, 0.6) is 0 Å². The molecule has 2 amide bonds. The van der Waals surface area contributed by atoms with Gasteiger partial charge in [0.2, 0.25) is 5.91 Å². The molecule has 0 aliphatic carbocycles. The van der Waals surface area contributed by atoms with Crippen molar-refractivity contribution in [1.29, 1.82) is 0 Å². The molecule has 1 aromatic rings. The molecule has 1 heterocycles. The maximum absolute atomic E-state index is 11.2. The molecule has 0 aliphatic rings. The molecular formula is C8H10N2O4. The van der Waals surface area contributed by atoms with Crippen molar-refractivity contribution in [1.82, 2.24) is 5.32 Å². The number of carbonyl (C=O) groups excluding carboxylic acids is 2. The molecule has 6 heteroatoms. The summed E-state index contributed by atoms with van der Waals surface area (Å²) < 4.78 is 4.67. The molecule has 1 aromatic heterocycles. The van der Waals surface area contributed by atoms with E-state index in [9.17, 15) is 9.59 Å². The zero-order valence-electron chi connectivity index (χ0n) is 7.27. The van der Waals surface area contributed by atoms with E-state index in [0.717, 1.165) is 0 Å². The molecule has 1 rings (SSSR count). The van der Waals surface area contributed by atoms with Gasteiger partial charge in [0, 0.05) is 0 Å². The highest BCUT2D eigenvalue weighted by molar-refractivity contribution is 5.94. The maximum atomic E-state index is 11.2. The standard InChI is InChI=1S/C8H10N2O4/c9-7(12)6(11)3-10-8(13)5-1-2-14-4-5/h1-2,4,6,11H,3H2,(H2,9,12)(H,10,13). The fourth-order valence-electron chi connectivity index (χ4n) is 0.786. The average molecular weight is 198 g/mol. The van der Waals surface area contributed by atoms with E-state index in [2.05, 4.69) is 9.73 Å². The molecule has 0 saturated heterocycles. The van der Waals surface area contributed by atoms with Crippen molar-refractivity contribution < 1.29 is 19.1 Å². The van der Waals surface area contributed by atoms with E-state index in [1.807, 2.05) is 0 Å². The van der Waals surface area contributed by atoms with Crippen LogP contribution >= 0.6 is 0 Å². The third-order valence-electron chi connectivity index (χ3n) is 1.57. The monoisotopic (exact) mass is 198 g/mol. The van der Waals surface area contributed by atoms with Gasteiger partial charge in [-0.05, 0) is 6.07 Å². The molecule has 0 saturated carbocycles. The Labute approximate surface area is 79.7 Å². The van der Waals surface area contributed by atoms with Crippen LogP contribution in [0.4, 0.5) is 0 Å². The smallest absolute Gasteiger partial charge is 0.254 e. The number of rotatable bonds is 4. The first-order chi connectivity index (χ1) is 6.61. The van der Waals surface area contributed by atoms with Crippen molar-refractivity contribution in [2.75, 3.05) is 6.54 Å². The SMILES string of the molecule is NC(=O)C(O)CNC(=O)c1ccoc1. The van der Waals surface area contributed by atoms with Crippen molar-refractivity contribution >= 4 is 11.8 Å². The number of aliphatic hydroxyl groups is 1. The molecule has 0 aliphatic heterocycles. The van der Waals surface area contributed by atoms with E-state index in [-0.39, 0.29) is 6.54 Å². The number of aliphatic hydroxyl groups excluding tert-OH is 1. The second-order valence-corrected chi connectivity index (χ2v) is 2.64. The van der Waals surface area contributed by atoms with E-state index in [1.165, 1.54) is 18.6 Å². The van der Waals surface area contributed by atoms with E-state index in [1.54, 1.807) is 0 Å². The molecule has 0 aromatic carbocycles. The van der Waals surface area contributed by atoms with Gasteiger partial charge in [0.15, 0.2) is 0 Å². The predicted molar refractivity (Wildman–Crippen MR) is 46.2 cm³/mol. The van der Waals surface area contributed by atoms with Crippen LogP contribution in [0, 0.1) is 0 Å². The Balaban J connectivity index is 2.40. The van der Waals surface area contributed by atoms with Gasteiger partial charge in [-0.1, -0.05) is 0 Å². The van der Waals surface area contributed by atoms with Gasteiger partial charge in [-0.25, -0.2) is 0 Å². The van der Waals surface area contributed by atoms with E-state index < -0.39 is 17.9 Å². The Hall–Kier alpha value is -1.82. The summed E-state index contributed by atoms with van der Waals surface area (Å²) in [5.74, 6) is -1.31. The summed E-state index contributed by atoms with van der Waals surface area (Å²) in [5, 5.41) is 11.3. The molecular weight excluding hydrogens is 188 g/mol. The number of nitrogens with one attached hydrogen (secondary N) is 1. The minimum Gasteiger partial charge on any atom is -0.472 e. The Morgan fingerprint density at radius 1 is 1.64 bits per heavy atom. The zero-order valence-corrected chi connectivity index (χ0v) is 7.27. The van der Waals surface area contributed by atoms with Crippen molar-refractivity contribution in [3.63, 3.8) is 0 Å². The molecule has 0 spiro atoms. The third kappa shape index (κ3) is 2.60. The average Bonchev–Trinajstić information content (AvgIpc) is 2.66. The lowest BCUT2D eigenvalue weighted by Crippen LogP contribution is -2.39. The van der Waals surface area contributed by atoms with Crippen molar-refractivity contribution in [3.8, 4) is 0 Å². The lowest BCUT2D eigenvalue weighted by molar-refractivity contribution is -0.125. The maximum Gasteiger partial charge on any atom is 0.254 e. The first-order valence-corrected chi connectivity index (χ1v) is 3.89. The lowest BCUT2D eigenvalue weighted by Gasteiger charge is -2.06. The molecule has 6 nitrogen and oxygen atoms in total. The highest BCUT2D eigenvalue weighted by atomic mass is 16.3. The predicted octanol–water partition coefficient (Wildman–Crippen LogP) is -1.14. The first kappa shape index (κ1) is 10.3. The van der Waals surface area contributed by atoms with Crippen LogP contribution in [0.25, 0.3) is 0 Å². The van der Waals surface area contributed by atoms with Crippen molar-refractivity contribution in [2.24, 2.45) is 5.73 Å². The van der Waals surface area contributed by atoms with Crippen LogP contribution in [0.15, 0.2) is 23.0 Å². The van der Waals surface area contributed by atoms with Gasteiger partial charge >= 0.3 is 0 Å². The largest absolute Gasteiger partial charge is 0.472 e. The molecule has 4 N–H and O–H groups in total. The van der Waals surface area contributed by atoms with Crippen LogP contribution in [-0.2, 0) is 4.79 Å². The van der Waals surface area contributed by atoms with Crippen LogP contribution in [0.1, 0.15) is 10.4 Å². The van der Waals surface area contributed by atoms with E-state index in [4.69, 9.17) is 10.8 Å². The zero-order chi connectivity index (χ0) is 10.6. The molecule has 1 atom stereocenters. The summed E-state index contributed by atoms with van der Waals surface area (Å²) in [5.41, 5.74) is 5.10. The van der Waals surface area contributed by atoms with Crippen LogP contribution in [0.2, 0.25) is 0 Å². The number of amides is 2. The van der Waals surface area contributed by atoms with Gasteiger partial charge in [-0.3, -0.25) is 9.59 Å². The Bertz CT molecular complexity index is 320. The third-order valence-corrected chi connectivity index (χ3v) is 1.57. The quantitative estimate of drug-likeness (QED) is 0.568. The van der Waals surface area contributed by atoms with E-state index in [0.29, 0.717) is 5.56 Å². The number of furan rings is 1. The van der Waals surface area contributed by atoms with Gasteiger partial charge in [-0.2, -0.15) is 0 Å². The Morgan fingerprint density at radius 3 is 2.86 bits per heavy atom. The number of hydrogen-bond acceptors (Lipinski definition) is 4. The topological polar surface area (TPSA) is 106 Å². The molecule has 0 fully saturated rings. The molecule has 76 valence electrons. The summed E-state index contributed by atoms with van der Waals surface area (Å²) in [6, 6.07) is 1.46. The second-order valence-electron chi connectivity index (χ2n) is 2.64. The van der Waals surface area contributed by atoms with Gasteiger partial charge in [0.05, 0.1) is 18.4 Å². The second kappa shape index (κ2) is 4.43. The molecule has 14 heavy (non-hydrogen) atoms. The molecule has 0 radical (unpaired) electrons. The van der Waals surface area contributed by atoms with Crippen molar-refractivity contribution in [3.05, 3.63) is 24.2 Å². The number of nitrogens with two attached hydrogens (primary N) is 1. The fraction of sp³-hybridized carbons (Fsp3) is 0.250. The first-order valence-electron chi connectivity index (χ1n) is 3.89. The van der Waals surface area contributed by atoms with Gasteiger partial charge in [0.25, 0.3) is 5.91 Å². The number of hydrogen-bond donors (Lipinski definition) is 3. The summed E-state index contributed by atoms with van der Waals surface area (Å²) in [6.45, 7) is -0.209. The van der Waals surface area contributed by atoms with Crippen LogP contribution in [0.3, 0.4) is 0 Å². The van der Waals surface area contributed by atoms with Crippen molar-refractivity contribution in [2.45, 2.75) is 6.10 Å². The van der Waals surface area contributed by atoms with Gasteiger partial charge in [0.1, 0.15) is 12.4 Å². The minimum absolute atomic E-state index is 0.209. The van der Waals surface area contributed by atoms with Gasteiger partial charge in [-0.15, -0.1) is 0 Å². The molecule has 1 unspecified atom stereocenters. The van der Waals surface area contributed by atoms with Crippen LogP contribution < -0.4 is 11.1 Å². The lowest BCUT2D eigenvalue weighted by atomic mass is 10.3. The minimum atomic E-state index is -1.37. The number of carbonyl (C=O) groups is 2. The van der Waals surface area contributed by atoms with Crippen LogP contribution in [-0.4, -0.2) is 29.6 Å². The number of primary amides is 1. The Kier molecular flexibility index (Phi) is 3.24. The highest BCUT2D eigenvalue weighted by Crippen LogP contribution is 1.98. The van der Waals surface area contributed by atoms with E-state index >= 15 is 0 Å². The summed E-state index contributed by atoms with van der Waals surface area (Å²) in [7, 11) is 0. The summed E-state index contributed by atoms with van der Waals surface area (Å²) in [4.78, 5) is 21.6. The molecule has 0 bridgehead atoms.